The zero-order valence-corrected chi connectivity index (χ0v) is 4.46. The number of nitrogens with two attached hydrogens (primary N) is 1. The van der Waals surface area contributed by atoms with Gasteiger partial charge in [-0.25, -0.2) is 10.4 Å². The van der Waals surface area contributed by atoms with Crippen molar-refractivity contribution >= 4 is 0 Å². The van der Waals surface area contributed by atoms with Crippen LogP contribution in [0.2, 0.25) is 0 Å². The van der Waals surface area contributed by atoms with Crippen LogP contribution >= 0.6 is 0 Å². The van der Waals surface area contributed by atoms with Crippen molar-refractivity contribution in [1.82, 2.24) is 10.4 Å². The highest BCUT2D eigenvalue weighted by Crippen LogP contribution is 1.96. The van der Waals surface area contributed by atoms with E-state index in [4.69, 9.17) is 11.0 Å². The Kier molecular flexibility index (Phi) is 1.33. The number of hydrogen-bond donors (Lipinski definition) is 2. The Balaban J connectivity index is 2.35. The molecular weight excluding hydrogens is 104 g/mol. The van der Waals surface area contributed by atoms with E-state index in [-0.39, 0.29) is 6.17 Å². The third kappa shape index (κ3) is 0.886. The first-order chi connectivity index (χ1) is 3.83. The second-order valence-electron chi connectivity index (χ2n) is 1.78. The Bertz CT molecular complexity index is 116. The number of rotatable bonds is 0. The zero-order chi connectivity index (χ0) is 5.98. The fraction of sp³-hybridized carbons (Fsp3) is 0.750. The fourth-order valence-corrected chi connectivity index (χ4v) is 0.676. The predicted molar refractivity (Wildman–Crippen MR) is 28.0 cm³/mol. The smallest absolute Gasteiger partial charge is 0.195 e. The summed E-state index contributed by atoms with van der Waals surface area (Å²) in [6.45, 7) is 0.734. The van der Waals surface area contributed by atoms with Crippen molar-refractivity contribution in [2.75, 3.05) is 6.54 Å². The van der Waals surface area contributed by atoms with Crippen LogP contribution in [0.4, 0.5) is 0 Å². The molecule has 1 heterocycles. The molecule has 1 rings (SSSR count). The lowest BCUT2D eigenvalue weighted by atomic mass is 10.4. The van der Waals surface area contributed by atoms with Gasteiger partial charge in [-0.1, -0.05) is 0 Å². The molecule has 0 aromatic carbocycles. The maximum absolute atomic E-state index is 8.24. The largest absolute Gasteiger partial charge is 0.314 e. The summed E-state index contributed by atoms with van der Waals surface area (Å²) in [5, 5.41) is 9.68. The van der Waals surface area contributed by atoms with Crippen molar-refractivity contribution in [3.05, 3.63) is 0 Å². The maximum Gasteiger partial charge on any atom is 0.195 e. The van der Waals surface area contributed by atoms with Gasteiger partial charge in [0.25, 0.3) is 0 Å². The second-order valence-corrected chi connectivity index (χ2v) is 1.78. The summed E-state index contributed by atoms with van der Waals surface area (Å²) in [4.78, 5) is 0. The number of nitriles is 1. The summed E-state index contributed by atoms with van der Waals surface area (Å²) in [6, 6.07) is 0. The number of hydrazine groups is 1. The Labute approximate surface area is 47.8 Å². The standard InChI is InChI=1S/C4H8N4/c5-3-8-2-1-4(6)7-8/h4,7H,1-2,6H2. The van der Waals surface area contributed by atoms with Gasteiger partial charge in [-0.15, -0.1) is 0 Å². The third-order valence-corrected chi connectivity index (χ3v) is 1.11. The molecule has 0 aliphatic carbocycles. The van der Waals surface area contributed by atoms with Gasteiger partial charge >= 0.3 is 0 Å². The molecule has 0 radical (unpaired) electrons. The highest BCUT2D eigenvalue weighted by molar-refractivity contribution is 4.78. The molecule has 0 spiro atoms. The topological polar surface area (TPSA) is 65.1 Å². The van der Waals surface area contributed by atoms with Crippen molar-refractivity contribution in [3.63, 3.8) is 0 Å². The van der Waals surface area contributed by atoms with Gasteiger partial charge < -0.3 is 5.73 Å². The highest BCUT2D eigenvalue weighted by atomic mass is 15.5. The lowest BCUT2D eigenvalue weighted by molar-refractivity contribution is 0.347. The third-order valence-electron chi connectivity index (χ3n) is 1.11. The molecule has 1 fully saturated rings. The zero-order valence-electron chi connectivity index (χ0n) is 4.46. The minimum atomic E-state index is -0.0188. The average molecular weight is 112 g/mol. The van der Waals surface area contributed by atoms with Crippen LogP contribution in [0, 0.1) is 11.5 Å². The molecule has 0 saturated carbocycles. The quantitative estimate of drug-likeness (QED) is 0.393. The molecule has 0 amide bonds. The summed E-state index contributed by atoms with van der Waals surface area (Å²) in [5.41, 5.74) is 8.15. The van der Waals surface area contributed by atoms with E-state index >= 15 is 0 Å². The Morgan fingerprint density at radius 1 is 1.88 bits per heavy atom. The minimum absolute atomic E-state index is 0.0188. The highest BCUT2D eigenvalue weighted by Gasteiger charge is 2.15. The van der Waals surface area contributed by atoms with Crippen LogP contribution in [0.3, 0.4) is 0 Å². The first kappa shape index (κ1) is 5.35. The molecule has 1 aliphatic rings. The lowest BCUT2D eigenvalue weighted by Crippen LogP contribution is -2.37. The van der Waals surface area contributed by atoms with Crippen LogP contribution in [0.5, 0.6) is 0 Å². The van der Waals surface area contributed by atoms with E-state index in [1.165, 1.54) is 5.01 Å². The summed E-state index contributed by atoms with van der Waals surface area (Å²) < 4.78 is 0. The van der Waals surface area contributed by atoms with Crippen LogP contribution in [0.1, 0.15) is 6.42 Å². The first-order valence-corrected chi connectivity index (χ1v) is 2.52. The molecule has 0 bridgehead atoms. The van der Waals surface area contributed by atoms with Crippen molar-refractivity contribution in [1.29, 1.82) is 5.26 Å². The Morgan fingerprint density at radius 3 is 2.88 bits per heavy atom. The van der Waals surface area contributed by atoms with Gasteiger partial charge in [0.05, 0.1) is 6.17 Å². The first-order valence-electron chi connectivity index (χ1n) is 2.52. The molecule has 0 aromatic rings. The fourth-order valence-electron chi connectivity index (χ4n) is 0.676. The monoisotopic (exact) mass is 112 g/mol. The van der Waals surface area contributed by atoms with Gasteiger partial charge in [0.1, 0.15) is 0 Å². The molecule has 1 atom stereocenters. The Hall–Kier alpha value is -0.790. The van der Waals surface area contributed by atoms with Crippen molar-refractivity contribution in [2.24, 2.45) is 5.73 Å². The number of nitrogens with zero attached hydrogens (tertiary/aromatic N) is 2. The van der Waals surface area contributed by atoms with Gasteiger partial charge in [-0.3, -0.25) is 0 Å². The van der Waals surface area contributed by atoms with Gasteiger partial charge in [0.2, 0.25) is 0 Å². The molecule has 4 nitrogen and oxygen atoms in total. The van der Waals surface area contributed by atoms with Crippen molar-refractivity contribution in [3.8, 4) is 6.19 Å². The Morgan fingerprint density at radius 2 is 2.62 bits per heavy atom. The van der Waals surface area contributed by atoms with E-state index < -0.39 is 0 Å². The van der Waals surface area contributed by atoms with Gasteiger partial charge in [-0.05, 0) is 6.42 Å². The summed E-state index contributed by atoms with van der Waals surface area (Å²) in [7, 11) is 0. The van der Waals surface area contributed by atoms with E-state index in [9.17, 15) is 0 Å². The van der Waals surface area contributed by atoms with Crippen LogP contribution < -0.4 is 11.2 Å². The lowest BCUT2D eigenvalue weighted by Gasteiger charge is -2.05. The van der Waals surface area contributed by atoms with Gasteiger partial charge in [-0.2, -0.15) is 5.26 Å². The molecule has 1 aliphatic heterocycles. The van der Waals surface area contributed by atoms with E-state index in [0.717, 1.165) is 13.0 Å². The van der Waals surface area contributed by atoms with E-state index in [1.54, 1.807) is 0 Å². The molecule has 0 aromatic heterocycles. The number of hydrogen-bond acceptors (Lipinski definition) is 4. The van der Waals surface area contributed by atoms with Crippen molar-refractivity contribution in [2.45, 2.75) is 12.6 Å². The molecule has 44 valence electrons. The van der Waals surface area contributed by atoms with Crippen LogP contribution in [0.25, 0.3) is 0 Å². The van der Waals surface area contributed by atoms with Gasteiger partial charge in [0, 0.05) is 6.54 Å². The second kappa shape index (κ2) is 1.99. The molecule has 3 N–H and O–H groups in total. The summed E-state index contributed by atoms with van der Waals surface area (Å²) in [6.07, 6.45) is 2.77. The van der Waals surface area contributed by atoms with Crippen LogP contribution in [0.15, 0.2) is 0 Å². The average Bonchev–Trinajstić information content (AvgIpc) is 2.14. The normalized spacial score (nSPS) is 28.0. The minimum Gasteiger partial charge on any atom is -0.314 e. The molecule has 1 unspecified atom stereocenters. The summed E-state index contributed by atoms with van der Waals surface area (Å²) >= 11 is 0. The molecule has 4 heteroatoms. The van der Waals surface area contributed by atoms with Crippen molar-refractivity contribution < 1.29 is 0 Å². The molecule has 1 saturated heterocycles. The van der Waals surface area contributed by atoms with E-state index in [1.807, 2.05) is 6.19 Å². The van der Waals surface area contributed by atoms with E-state index in [0.29, 0.717) is 0 Å². The molecular formula is C4H8N4. The maximum atomic E-state index is 8.24. The van der Waals surface area contributed by atoms with Crippen LogP contribution in [-0.4, -0.2) is 17.7 Å². The SMILES string of the molecule is N#CN1CCC(N)N1. The van der Waals surface area contributed by atoms with E-state index in [2.05, 4.69) is 5.43 Å². The summed E-state index contributed by atoms with van der Waals surface area (Å²) in [5.74, 6) is 0. The van der Waals surface area contributed by atoms with Gasteiger partial charge in [0.15, 0.2) is 6.19 Å². The molecule has 8 heavy (non-hydrogen) atoms. The predicted octanol–water partition coefficient (Wildman–Crippen LogP) is -1.04. The number of nitrogens with one attached hydrogen (secondary N) is 1. The van der Waals surface area contributed by atoms with Crippen LogP contribution in [-0.2, 0) is 0 Å².